The molecule has 37 heavy (non-hydrogen) atoms. The van der Waals surface area contributed by atoms with Crippen molar-refractivity contribution >= 4 is 61.6 Å². The number of likely N-dealkylation sites (N-methyl/N-ethyl adjacent to an activating group) is 1. The van der Waals surface area contributed by atoms with Gasteiger partial charge in [-0.2, -0.15) is 0 Å². The van der Waals surface area contributed by atoms with Gasteiger partial charge in [-0.05, 0) is 49.4 Å². The highest BCUT2D eigenvalue weighted by atomic mass is 35.5. The number of anilines is 4. The zero-order valence-corrected chi connectivity index (χ0v) is 21.8. The van der Waals surface area contributed by atoms with Gasteiger partial charge in [0, 0.05) is 18.8 Å². The Morgan fingerprint density at radius 3 is 2.35 bits per heavy atom. The van der Waals surface area contributed by atoms with E-state index < -0.39 is 22.0 Å². The summed E-state index contributed by atoms with van der Waals surface area (Å²) in [4.78, 5) is 22.2. The summed E-state index contributed by atoms with van der Waals surface area (Å²) in [6.07, 6.45) is 0. The van der Waals surface area contributed by atoms with Crippen LogP contribution < -0.4 is 25.4 Å². The van der Waals surface area contributed by atoms with E-state index in [2.05, 4.69) is 20.0 Å². The number of benzene rings is 3. The number of nitrogens with zero attached hydrogens (tertiary/aromatic N) is 3. The van der Waals surface area contributed by atoms with Crippen LogP contribution in [0.4, 0.5) is 23.0 Å². The summed E-state index contributed by atoms with van der Waals surface area (Å²) in [5.74, 6) is 0.135. The zero-order valence-electron chi connectivity index (χ0n) is 20.3. The zero-order chi connectivity index (χ0) is 26.7. The average molecular weight is 541 g/mol. The van der Waals surface area contributed by atoms with Gasteiger partial charge in [0.2, 0.25) is 5.91 Å². The molecule has 10 nitrogen and oxygen atoms in total. The fourth-order valence-corrected chi connectivity index (χ4v) is 4.70. The summed E-state index contributed by atoms with van der Waals surface area (Å²) in [5, 5.41) is 3.45. The van der Waals surface area contributed by atoms with E-state index in [1.54, 1.807) is 73.5 Å². The van der Waals surface area contributed by atoms with E-state index in [1.165, 1.54) is 19.2 Å². The number of amides is 1. The number of ether oxygens (including phenoxy) is 1. The number of aromatic nitrogens is 2. The van der Waals surface area contributed by atoms with Crippen LogP contribution in [0.5, 0.6) is 5.75 Å². The number of nitrogens with two attached hydrogens (primary N) is 1. The first-order chi connectivity index (χ1) is 17.6. The fourth-order valence-electron chi connectivity index (χ4n) is 3.48. The number of rotatable bonds is 9. The molecular weight excluding hydrogens is 516 g/mol. The molecule has 1 aromatic heterocycles. The van der Waals surface area contributed by atoms with E-state index >= 15 is 0 Å². The molecule has 1 amide bonds. The van der Waals surface area contributed by atoms with Gasteiger partial charge >= 0.3 is 0 Å². The Morgan fingerprint density at radius 1 is 1.03 bits per heavy atom. The first-order valence-electron chi connectivity index (χ1n) is 11.1. The van der Waals surface area contributed by atoms with E-state index in [-0.39, 0.29) is 16.5 Å². The number of fused-ring (bicyclic) bond motifs is 1. The minimum atomic E-state index is -4.11. The quantitative estimate of drug-likeness (QED) is 0.288. The van der Waals surface area contributed by atoms with Gasteiger partial charge < -0.3 is 20.7 Å². The van der Waals surface area contributed by atoms with Gasteiger partial charge in [-0.3, -0.25) is 9.52 Å². The molecule has 0 aliphatic carbocycles. The second-order valence-electron chi connectivity index (χ2n) is 8.17. The van der Waals surface area contributed by atoms with Crippen LogP contribution in [-0.2, 0) is 14.8 Å². The van der Waals surface area contributed by atoms with Crippen molar-refractivity contribution in [3.8, 4) is 5.75 Å². The molecule has 4 aromatic rings. The Labute approximate surface area is 219 Å². The van der Waals surface area contributed by atoms with Gasteiger partial charge in [0.1, 0.15) is 11.8 Å². The molecule has 1 atom stereocenters. The lowest BCUT2D eigenvalue weighted by atomic mass is 10.2. The van der Waals surface area contributed by atoms with E-state index in [4.69, 9.17) is 22.1 Å². The molecule has 0 radical (unpaired) electrons. The Balaban J connectivity index is 1.75. The third-order valence-corrected chi connectivity index (χ3v) is 7.42. The average Bonchev–Trinajstić information content (AvgIpc) is 2.89. The molecule has 0 saturated heterocycles. The van der Waals surface area contributed by atoms with Gasteiger partial charge in [-0.15, -0.1) is 0 Å². The number of hydrogen-bond donors (Lipinski definition) is 3. The lowest BCUT2D eigenvalue weighted by molar-refractivity contribution is -0.118. The molecular formula is C25H25ClN6O4S. The minimum Gasteiger partial charge on any atom is -0.497 e. The topological polar surface area (TPSA) is 140 Å². The number of methoxy groups -OCH3 is 1. The number of hydrogen-bond acceptors (Lipinski definition) is 8. The van der Waals surface area contributed by atoms with Crippen molar-refractivity contribution in [2.24, 2.45) is 5.73 Å². The van der Waals surface area contributed by atoms with Gasteiger partial charge in [0.25, 0.3) is 10.0 Å². The van der Waals surface area contributed by atoms with Crippen molar-refractivity contribution in [2.75, 3.05) is 29.1 Å². The maximum absolute atomic E-state index is 13.4. The SMILES string of the molecule is COc1ccc(Cl)c(Nc2nc3ccccc3nc2NS(=O)(=O)c2cccc(N(C)[C@H](C)C(N)=O)c2)c1. The molecule has 192 valence electrons. The van der Waals surface area contributed by atoms with E-state index in [1.807, 2.05) is 0 Å². The lowest BCUT2D eigenvalue weighted by Gasteiger charge is -2.25. The van der Waals surface area contributed by atoms with Crippen molar-refractivity contribution in [2.45, 2.75) is 17.9 Å². The summed E-state index contributed by atoms with van der Waals surface area (Å²) in [6, 6.07) is 17.6. The van der Waals surface area contributed by atoms with Crippen LogP contribution in [0.1, 0.15) is 6.92 Å². The molecule has 4 rings (SSSR count). The number of sulfonamides is 1. The number of halogens is 1. The number of nitrogens with one attached hydrogen (secondary N) is 2. The summed E-state index contributed by atoms with van der Waals surface area (Å²) < 4.78 is 34.7. The van der Waals surface area contributed by atoms with Crippen molar-refractivity contribution in [3.63, 3.8) is 0 Å². The third-order valence-electron chi connectivity index (χ3n) is 5.76. The number of primary amides is 1. The Bertz CT molecular complexity index is 1580. The first-order valence-corrected chi connectivity index (χ1v) is 13.0. The van der Waals surface area contributed by atoms with Gasteiger partial charge in [0.15, 0.2) is 11.6 Å². The highest BCUT2D eigenvalue weighted by Crippen LogP contribution is 2.33. The lowest BCUT2D eigenvalue weighted by Crippen LogP contribution is -2.40. The predicted octanol–water partition coefficient (Wildman–Crippen LogP) is 4.15. The molecule has 1 heterocycles. The fraction of sp³-hybridized carbons (Fsp3) is 0.160. The molecule has 0 unspecified atom stereocenters. The van der Waals surface area contributed by atoms with Gasteiger partial charge in [-0.25, -0.2) is 18.4 Å². The number of para-hydroxylation sites is 2. The Hall–Kier alpha value is -4.09. The predicted molar refractivity (Wildman–Crippen MR) is 145 cm³/mol. The van der Waals surface area contributed by atoms with Crippen LogP contribution in [0.3, 0.4) is 0 Å². The van der Waals surface area contributed by atoms with E-state index in [0.29, 0.717) is 33.2 Å². The smallest absolute Gasteiger partial charge is 0.263 e. The molecule has 4 N–H and O–H groups in total. The Morgan fingerprint density at radius 2 is 1.70 bits per heavy atom. The maximum atomic E-state index is 13.4. The maximum Gasteiger partial charge on any atom is 0.263 e. The van der Waals surface area contributed by atoms with Crippen molar-refractivity contribution in [1.82, 2.24) is 9.97 Å². The molecule has 0 fully saturated rings. The summed E-state index contributed by atoms with van der Waals surface area (Å²) >= 11 is 6.35. The molecule has 0 aliphatic rings. The largest absolute Gasteiger partial charge is 0.497 e. The normalized spacial score (nSPS) is 12.1. The summed E-state index contributed by atoms with van der Waals surface area (Å²) in [6.45, 7) is 1.63. The van der Waals surface area contributed by atoms with Crippen LogP contribution in [0.25, 0.3) is 11.0 Å². The van der Waals surface area contributed by atoms with E-state index in [0.717, 1.165) is 0 Å². The first kappa shape index (κ1) is 26.0. The minimum absolute atomic E-state index is 0.0261. The summed E-state index contributed by atoms with van der Waals surface area (Å²) in [7, 11) is -0.933. The van der Waals surface area contributed by atoms with Crippen LogP contribution in [-0.4, -0.2) is 44.5 Å². The second kappa shape index (κ2) is 10.5. The van der Waals surface area contributed by atoms with Crippen molar-refractivity contribution in [1.29, 1.82) is 0 Å². The second-order valence-corrected chi connectivity index (χ2v) is 10.3. The van der Waals surface area contributed by atoms with E-state index in [9.17, 15) is 13.2 Å². The molecule has 0 aliphatic heterocycles. The highest BCUT2D eigenvalue weighted by Gasteiger charge is 2.22. The van der Waals surface area contributed by atoms with Gasteiger partial charge in [0.05, 0.1) is 33.7 Å². The highest BCUT2D eigenvalue weighted by molar-refractivity contribution is 7.92. The third kappa shape index (κ3) is 5.68. The molecule has 3 aromatic carbocycles. The monoisotopic (exact) mass is 540 g/mol. The van der Waals surface area contributed by atoms with Gasteiger partial charge in [-0.1, -0.05) is 29.8 Å². The van der Waals surface area contributed by atoms with Crippen molar-refractivity contribution in [3.05, 3.63) is 71.8 Å². The van der Waals surface area contributed by atoms with Crippen LogP contribution in [0.15, 0.2) is 71.6 Å². The van der Waals surface area contributed by atoms with Crippen molar-refractivity contribution < 1.29 is 17.9 Å². The number of carbonyl (C=O) groups is 1. The van der Waals surface area contributed by atoms with Crippen LogP contribution >= 0.6 is 11.6 Å². The molecule has 0 bridgehead atoms. The molecule has 12 heteroatoms. The van der Waals surface area contributed by atoms with Crippen LogP contribution in [0, 0.1) is 0 Å². The van der Waals surface area contributed by atoms with Crippen LogP contribution in [0.2, 0.25) is 5.02 Å². The standard InChI is InChI=1S/C25H25ClN6O4S/c1-15(23(27)33)32(2)16-7-6-8-18(13-16)37(34,35)31-25-24(28-20-9-4-5-10-21(20)29-25)30-22-14-17(36-3)11-12-19(22)26/h4-15H,1-3H3,(H2,27,33)(H,28,30)(H,29,31)/t15-/m1/s1. The number of carbonyl (C=O) groups excluding carboxylic acids is 1. The summed E-state index contributed by atoms with van der Waals surface area (Å²) in [5.41, 5.74) is 7.40. The Kier molecular flexibility index (Phi) is 7.37. The molecule has 0 spiro atoms. The molecule has 0 saturated carbocycles.